The van der Waals surface area contributed by atoms with Crippen LogP contribution in [0.25, 0.3) is 0 Å². The highest BCUT2D eigenvalue weighted by Gasteiger charge is 2.11. The zero-order valence-corrected chi connectivity index (χ0v) is 7.84. The molecule has 0 fully saturated rings. The highest BCUT2D eigenvalue weighted by Crippen LogP contribution is 2.15. The Morgan fingerprint density at radius 3 is 2.55 bits per heavy atom. The maximum atomic E-state index is 12.0. The van der Waals surface area contributed by atoms with Crippen LogP contribution in [-0.2, 0) is 0 Å². The van der Waals surface area contributed by atoms with Gasteiger partial charge in [-0.2, -0.15) is 0 Å². The van der Waals surface area contributed by atoms with Crippen LogP contribution in [0.1, 0.15) is 17.9 Å². The Morgan fingerprint density at radius 2 is 2.09 bits per heavy atom. The van der Waals surface area contributed by atoms with Crippen molar-refractivity contribution in [1.29, 1.82) is 0 Å². The molecule has 0 N–H and O–H groups in total. The summed E-state index contributed by atoms with van der Waals surface area (Å²) in [5.41, 5.74) is 0.569. The van der Waals surface area contributed by atoms with Crippen LogP contribution in [0.15, 0.2) is 6.07 Å². The van der Waals surface area contributed by atoms with Gasteiger partial charge in [0.25, 0.3) is 6.43 Å². The fourth-order valence-electron chi connectivity index (χ4n) is 0.650. The van der Waals surface area contributed by atoms with Crippen molar-refractivity contribution < 1.29 is 8.78 Å². The molecule has 0 saturated heterocycles. The molecule has 0 aliphatic carbocycles. The molecule has 0 spiro atoms. The molecular formula is C6H5F2IN2. The summed E-state index contributed by atoms with van der Waals surface area (Å²) in [5.74, 6) is -0.394. The maximum Gasteiger partial charge on any atom is 0.297 e. The first kappa shape index (κ1) is 8.76. The van der Waals surface area contributed by atoms with E-state index in [4.69, 9.17) is 0 Å². The average molecular weight is 270 g/mol. The van der Waals surface area contributed by atoms with Crippen LogP contribution in [0, 0.1) is 10.6 Å². The number of aryl methyl sites for hydroxylation is 1. The lowest BCUT2D eigenvalue weighted by molar-refractivity contribution is 0.139. The molecule has 0 bridgehead atoms. The fraction of sp³-hybridized carbons (Fsp3) is 0.333. The first-order chi connectivity index (χ1) is 5.09. The summed E-state index contributed by atoms with van der Waals surface area (Å²) in [6.07, 6.45) is -2.58. The molecular weight excluding hydrogens is 265 g/mol. The Hall–Kier alpha value is -0.330. The topological polar surface area (TPSA) is 25.8 Å². The Bertz CT molecular complexity index is 245. The monoisotopic (exact) mass is 270 g/mol. The Labute approximate surface area is 76.2 Å². The number of halogens is 3. The normalized spacial score (nSPS) is 10.6. The maximum absolute atomic E-state index is 12.0. The Balaban J connectivity index is 3.08. The van der Waals surface area contributed by atoms with Crippen LogP contribution in [0.3, 0.4) is 0 Å². The van der Waals surface area contributed by atoms with Crippen molar-refractivity contribution in [1.82, 2.24) is 9.97 Å². The van der Waals surface area contributed by atoms with Gasteiger partial charge < -0.3 is 0 Å². The van der Waals surface area contributed by atoms with Gasteiger partial charge in [0.1, 0.15) is 3.70 Å². The van der Waals surface area contributed by atoms with Crippen LogP contribution >= 0.6 is 22.6 Å². The zero-order valence-electron chi connectivity index (χ0n) is 5.68. The number of hydrogen-bond donors (Lipinski definition) is 0. The van der Waals surface area contributed by atoms with E-state index in [9.17, 15) is 8.78 Å². The van der Waals surface area contributed by atoms with Gasteiger partial charge in [-0.3, -0.25) is 0 Å². The second kappa shape index (κ2) is 3.38. The molecule has 0 atom stereocenters. The number of aromatic nitrogens is 2. The summed E-state index contributed by atoms with van der Waals surface area (Å²) >= 11 is 1.88. The van der Waals surface area contributed by atoms with Crippen molar-refractivity contribution in [2.24, 2.45) is 0 Å². The summed E-state index contributed by atoms with van der Waals surface area (Å²) in [6, 6.07) is 1.65. The summed E-state index contributed by atoms with van der Waals surface area (Å²) in [5, 5.41) is 0. The first-order valence-electron chi connectivity index (χ1n) is 2.89. The van der Waals surface area contributed by atoms with E-state index >= 15 is 0 Å². The van der Waals surface area contributed by atoms with Crippen LogP contribution in [0.5, 0.6) is 0 Å². The van der Waals surface area contributed by atoms with E-state index in [0.29, 0.717) is 9.39 Å². The van der Waals surface area contributed by atoms with E-state index in [1.807, 2.05) is 22.6 Å². The Kier molecular flexibility index (Phi) is 2.69. The lowest BCUT2D eigenvalue weighted by atomic mass is 10.4. The minimum Gasteiger partial charge on any atom is -0.233 e. The van der Waals surface area contributed by atoms with Crippen LogP contribution < -0.4 is 0 Å². The van der Waals surface area contributed by atoms with Gasteiger partial charge in [-0.1, -0.05) is 0 Å². The molecule has 1 rings (SSSR count). The molecule has 0 aliphatic rings. The minimum atomic E-state index is -2.58. The number of hydrogen-bond acceptors (Lipinski definition) is 2. The Morgan fingerprint density at radius 1 is 1.45 bits per heavy atom. The van der Waals surface area contributed by atoms with Crippen molar-refractivity contribution in [3.63, 3.8) is 0 Å². The van der Waals surface area contributed by atoms with Crippen LogP contribution in [0.4, 0.5) is 8.78 Å². The second-order valence-corrected chi connectivity index (χ2v) is 3.10. The van der Waals surface area contributed by atoms with Crippen molar-refractivity contribution in [2.45, 2.75) is 13.3 Å². The van der Waals surface area contributed by atoms with Gasteiger partial charge >= 0.3 is 0 Å². The number of rotatable bonds is 1. The molecule has 0 radical (unpaired) electrons. The molecule has 1 heterocycles. The van der Waals surface area contributed by atoms with E-state index in [2.05, 4.69) is 9.97 Å². The van der Waals surface area contributed by atoms with Crippen molar-refractivity contribution in [3.05, 3.63) is 21.3 Å². The molecule has 1 aromatic heterocycles. The fourth-order valence-corrected chi connectivity index (χ4v) is 1.35. The van der Waals surface area contributed by atoms with Gasteiger partial charge in [-0.15, -0.1) is 0 Å². The highest BCUT2D eigenvalue weighted by molar-refractivity contribution is 14.1. The summed E-state index contributed by atoms with van der Waals surface area (Å²) in [6.45, 7) is 1.66. The molecule has 5 heteroatoms. The standard InChI is InChI=1S/C6H5F2IN2/c1-3-2-4(9)11-6(10-3)5(7)8/h2,5H,1H3. The van der Waals surface area contributed by atoms with Crippen molar-refractivity contribution in [3.8, 4) is 0 Å². The van der Waals surface area contributed by atoms with E-state index in [-0.39, 0.29) is 0 Å². The number of alkyl halides is 2. The smallest absolute Gasteiger partial charge is 0.233 e. The van der Waals surface area contributed by atoms with Crippen molar-refractivity contribution in [2.75, 3.05) is 0 Å². The van der Waals surface area contributed by atoms with Gasteiger partial charge in [-0.05, 0) is 35.6 Å². The third kappa shape index (κ3) is 2.32. The summed E-state index contributed by atoms with van der Waals surface area (Å²) in [4.78, 5) is 7.13. The lowest BCUT2D eigenvalue weighted by Gasteiger charge is -1.99. The van der Waals surface area contributed by atoms with Gasteiger partial charge in [0, 0.05) is 5.69 Å². The van der Waals surface area contributed by atoms with Crippen LogP contribution in [-0.4, -0.2) is 9.97 Å². The molecule has 0 aromatic carbocycles. The molecule has 0 unspecified atom stereocenters. The third-order valence-corrected chi connectivity index (χ3v) is 1.59. The van der Waals surface area contributed by atoms with E-state index < -0.39 is 12.2 Å². The molecule has 0 amide bonds. The van der Waals surface area contributed by atoms with E-state index in [1.165, 1.54) is 0 Å². The largest absolute Gasteiger partial charge is 0.297 e. The zero-order chi connectivity index (χ0) is 8.43. The summed E-state index contributed by atoms with van der Waals surface area (Å²) < 4.78 is 24.5. The molecule has 60 valence electrons. The van der Waals surface area contributed by atoms with E-state index in [0.717, 1.165) is 0 Å². The predicted octanol–water partition coefficient (Wildman–Crippen LogP) is 2.33. The predicted molar refractivity (Wildman–Crippen MR) is 44.4 cm³/mol. The van der Waals surface area contributed by atoms with Gasteiger partial charge in [0.2, 0.25) is 0 Å². The van der Waals surface area contributed by atoms with Gasteiger partial charge in [0.15, 0.2) is 5.82 Å². The summed E-state index contributed by atoms with van der Waals surface area (Å²) in [7, 11) is 0. The molecule has 0 aliphatic heterocycles. The lowest BCUT2D eigenvalue weighted by Crippen LogP contribution is -1.98. The molecule has 1 aromatic rings. The van der Waals surface area contributed by atoms with Gasteiger partial charge in [-0.25, -0.2) is 18.7 Å². The molecule has 0 saturated carbocycles. The second-order valence-electron chi connectivity index (χ2n) is 1.99. The van der Waals surface area contributed by atoms with Crippen LogP contribution in [0.2, 0.25) is 0 Å². The van der Waals surface area contributed by atoms with Gasteiger partial charge in [0.05, 0.1) is 0 Å². The third-order valence-electron chi connectivity index (χ3n) is 1.04. The first-order valence-corrected chi connectivity index (χ1v) is 3.96. The average Bonchev–Trinajstić information content (AvgIpc) is 1.85. The number of nitrogens with zero attached hydrogens (tertiary/aromatic N) is 2. The van der Waals surface area contributed by atoms with Crippen molar-refractivity contribution >= 4 is 22.6 Å². The SMILES string of the molecule is Cc1cc(I)nc(C(F)F)n1. The quantitative estimate of drug-likeness (QED) is 0.578. The highest BCUT2D eigenvalue weighted by atomic mass is 127. The van der Waals surface area contributed by atoms with E-state index in [1.54, 1.807) is 13.0 Å². The molecule has 2 nitrogen and oxygen atoms in total. The molecule has 11 heavy (non-hydrogen) atoms. The minimum absolute atomic E-state index is 0.394.